The first-order chi connectivity index (χ1) is 7.60. The van der Waals surface area contributed by atoms with Gasteiger partial charge in [0.1, 0.15) is 6.04 Å². The second-order valence-corrected chi connectivity index (χ2v) is 3.73. The molecule has 4 N–H and O–H groups in total. The normalized spacial score (nSPS) is 14.4. The minimum atomic E-state index is -1.00. The lowest BCUT2D eigenvalue weighted by atomic mass is 9.98. The quantitative estimate of drug-likeness (QED) is 0.692. The molecular weight excluding hydrogens is 204 g/mol. The van der Waals surface area contributed by atoms with Gasteiger partial charge < -0.3 is 16.2 Å². The molecule has 1 rings (SSSR count). The Morgan fingerprint density at radius 2 is 2.00 bits per heavy atom. The first kappa shape index (κ1) is 12.7. The van der Waals surface area contributed by atoms with E-state index in [9.17, 15) is 4.79 Å². The molecule has 88 valence electrons. The molecule has 1 aromatic carbocycles. The van der Waals surface area contributed by atoms with E-state index in [2.05, 4.69) is 12.2 Å². The highest BCUT2D eigenvalue weighted by Crippen LogP contribution is 2.16. The van der Waals surface area contributed by atoms with Gasteiger partial charge in [0, 0.05) is 0 Å². The van der Waals surface area contributed by atoms with E-state index in [-0.39, 0.29) is 6.04 Å². The lowest BCUT2D eigenvalue weighted by molar-refractivity contribution is -0.139. The summed E-state index contributed by atoms with van der Waals surface area (Å²) in [6.07, 6.45) is 0.968. The SMILES string of the molecule is CCc1ccc(C(NC)C(N)C(=O)O)cc1. The summed E-state index contributed by atoms with van der Waals surface area (Å²) in [6, 6.07) is 6.54. The fraction of sp³-hybridized carbons (Fsp3) is 0.417. The Labute approximate surface area is 95.5 Å². The second kappa shape index (κ2) is 5.63. The monoisotopic (exact) mass is 222 g/mol. The molecule has 0 heterocycles. The number of carboxylic acid groups (broad SMARTS) is 1. The molecule has 0 aromatic heterocycles. The summed E-state index contributed by atoms with van der Waals surface area (Å²) in [5, 5.41) is 11.8. The fourth-order valence-electron chi connectivity index (χ4n) is 1.66. The van der Waals surface area contributed by atoms with Crippen LogP contribution in [0.5, 0.6) is 0 Å². The Hall–Kier alpha value is -1.39. The topological polar surface area (TPSA) is 75.3 Å². The number of hydrogen-bond donors (Lipinski definition) is 3. The maximum absolute atomic E-state index is 10.8. The van der Waals surface area contributed by atoms with Crippen LogP contribution in [0.3, 0.4) is 0 Å². The predicted molar refractivity (Wildman–Crippen MR) is 63.2 cm³/mol. The van der Waals surface area contributed by atoms with E-state index >= 15 is 0 Å². The molecule has 0 saturated carbocycles. The van der Waals surface area contributed by atoms with Crippen LogP contribution in [-0.2, 0) is 11.2 Å². The van der Waals surface area contributed by atoms with Crippen molar-refractivity contribution in [2.75, 3.05) is 7.05 Å². The number of hydrogen-bond acceptors (Lipinski definition) is 3. The van der Waals surface area contributed by atoms with Crippen molar-refractivity contribution in [1.82, 2.24) is 5.32 Å². The molecule has 1 aromatic rings. The van der Waals surface area contributed by atoms with E-state index in [4.69, 9.17) is 10.8 Å². The van der Waals surface area contributed by atoms with Gasteiger partial charge in [-0.2, -0.15) is 0 Å². The van der Waals surface area contributed by atoms with Crippen LogP contribution in [0.15, 0.2) is 24.3 Å². The van der Waals surface area contributed by atoms with E-state index in [0.717, 1.165) is 12.0 Å². The highest BCUT2D eigenvalue weighted by molar-refractivity contribution is 5.74. The zero-order valence-electron chi connectivity index (χ0n) is 9.60. The summed E-state index contributed by atoms with van der Waals surface area (Å²) in [7, 11) is 1.71. The van der Waals surface area contributed by atoms with Crippen LogP contribution in [0.2, 0.25) is 0 Å². The standard InChI is InChI=1S/C12H18N2O2/c1-3-8-4-6-9(7-5-8)11(14-2)10(13)12(15)16/h4-7,10-11,14H,3,13H2,1-2H3,(H,15,16). The molecule has 0 aliphatic heterocycles. The van der Waals surface area contributed by atoms with Crippen LogP contribution < -0.4 is 11.1 Å². The van der Waals surface area contributed by atoms with Crippen LogP contribution in [0, 0.1) is 0 Å². The van der Waals surface area contributed by atoms with Crippen molar-refractivity contribution in [2.45, 2.75) is 25.4 Å². The zero-order valence-corrected chi connectivity index (χ0v) is 9.60. The van der Waals surface area contributed by atoms with E-state index in [1.165, 1.54) is 5.56 Å². The van der Waals surface area contributed by atoms with Crippen LogP contribution in [-0.4, -0.2) is 24.2 Å². The molecule has 2 unspecified atom stereocenters. The third-order valence-electron chi connectivity index (χ3n) is 2.70. The maximum Gasteiger partial charge on any atom is 0.322 e. The van der Waals surface area contributed by atoms with Crippen LogP contribution in [0.4, 0.5) is 0 Å². The number of carbonyl (C=O) groups is 1. The average molecular weight is 222 g/mol. The summed E-state index contributed by atoms with van der Waals surface area (Å²) in [6.45, 7) is 2.08. The van der Waals surface area contributed by atoms with Gasteiger partial charge in [-0.1, -0.05) is 31.2 Å². The zero-order chi connectivity index (χ0) is 12.1. The Morgan fingerprint density at radius 3 is 2.38 bits per heavy atom. The van der Waals surface area contributed by atoms with Crippen molar-refractivity contribution >= 4 is 5.97 Å². The summed E-state index contributed by atoms with van der Waals surface area (Å²) >= 11 is 0. The van der Waals surface area contributed by atoms with Crippen molar-refractivity contribution in [3.8, 4) is 0 Å². The minimum absolute atomic E-state index is 0.358. The molecule has 0 radical (unpaired) electrons. The fourth-order valence-corrected chi connectivity index (χ4v) is 1.66. The first-order valence-corrected chi connectivity index (χ1v) is 5.34. The van der Waals surface area contributed by atoms with Crippen molar-refractivity contribution in [1.29, 1.82) is 0 Å². The summed E-state index contributed by atoms with van der Waals surface area (Å²) in [5.74, 6) is -1.00. The first-order valence-electron chi connectivity index (χ1n) is 5.34. The van der Waals surface area contributed by atoms with Gasteiger partial charge in [-0.15, -0.1) is 0 Å². The molecule has 16 heavy (non-hydrogen) atoms. The van der Waals surface area contributed by atoms with Gasteiger partial charge in [0.25, 0.3) is 0 Å². The Kier molecular flexibility index (Phi) is 4.46. The number of benzene rings is 1. The molecule has 0 aliphatic rings. The maximum atomic E-state index is 10.8. The predicted octanol–water partition coefficient (Wildman–Crippen LogP) is 0.921. The van der Waals surface area contributed by atoms with E-state index in [0.29, 0.717) is 0 Å². The third kappa shape index (κ3) is 2.81. The number of rotatable bonds is 5. The Bertz CT molecular complexity index is 349. The third-order valence-corrected chi connectivity index (χ3v) is 2.70. The van der Waals surface area contributed by atoms with E-state index in [1.54, 1.807) is 7.05 Å². The van der Waals surface area contributed by atoms with E-state index < -0.39 is 12.0 Å². The molecule has 0 bridgehead atoms. The number of aryl methyl sites for hydroxylation is 1. The molecule has 4 heteroatoms. The molecule has 0 saturated heterocycles. The van der Waals surface area contributed by atoms with Gasteiger partial charge >= 0.3 is 5.97 Å². The van der Waals surface area contributed by atoms with Gasteiger partial charge in [0.15, 0.2) is 0 Å². The van der Waals surface area contributed by atoms with Crippen LogP contribution in [0.25, 0.3) is 0 Å². The lowest BCUT2D eigenvalue weighted by Crippen LogP contribution is -2.42. The van der Waals surface area contributed by atoms with Gasteiger partial charge in [-0.3, -0.25) is 4.79 Å². The van der Waals surface area contributed by atoms with Crippen molar-refractivity contribution in [2.24, 2.45) is 5.73 Å². The number of nitrogens with one attached hydrogen (secondary N) is 1. The molecule has 0 spiro atoms. The van der Waals surface area contributed by atoms with Gasteiger partial charge in [0.05, 0.1) is 6.04 Å². The lowest BCUT2D eigenvalue weighted by Gasteiger charge is -2.20. The smallest absolute Gasteiger partial charge is 0.322 e. The highest BCUT2D eigenvalue weighted by Gasteiger charge is 2.23. The number of carboxylic acids is 1. The van der Waals surface area contributed by atoms with Crippen molar-refractivity contribution in [3.63, 3.8) is 0 Å². The summed E-state index contributed by atoms with van der Waals surface area (Å²) in [5.41, 5.74) is 7.73. The molecule has 2 atom stereocenters. The van der Waals surface area contributed by atoms with Gasteiger partial charge in [-0.05, 0) is 24.6 Å². The van der Waals surface area contributed by atoms with Gasteiger partial charge in [0.2, 0.25) is 0 Å². The highest BCUT2D eigenvalue weighted by atomic mass is 16.4. The van der Waals surface area contributed by atoms with Crippen LogP contribution >= 0.6 is 0 Å². The number of likely N-dealkylation sites (N-methyl/N-ethyl adjacent to an activating group) is 1. The summed E-state index contributed by atoms with van der Waals surface area (Å²) in [4.78, 5) is 10.8. The second-order valence-electron chi connectivity index (χ2n) is 3.73. The Morgan fingerprint density at radius 1 is 1.44 bits per heavy atom. The van der Waals surface area contributed by atoms with Crippen molar-refractivity contribution in [3.05, 3.63) is 35.4 Å². The molecule has 0 amide bonds. The number of aliphatic carboxylic acids is 1. The summed E-state index contributed by atoms with van der Waals surface area (Å²) < 4.78 is 0. The largest absolute Gasteiger partial charge is 0.480 e. The molecule has 0 aliphatic carbocycles. The number of nitrogens with two attached hydrogens (primary N) is 1. The van der Waals surface area contributed by atoms with Gasteiger partial charge in [-0.25, -0.2) is 0 Å². The van der Waals surface area contributed by atoms with Crippen LogP contribution in [0.1, 0.15) is 24.1 Å². The van der Waals surface area contributed by atoms with Crippen molar-refractivity contribution < 1.29 is 9.90 Å². The molecule has 0 fully saturated rings. The van der Waals surface area contributed by atoms with E-state index in [1.807, 2.05) is 24.3 Å². The Balaban J connectivity index is 2.90. The minimum Gasteiger partial charge on any atom is -0.480 e. The molecule has 4 nitrogen and oxygen atoms in total. The average Bonchev–Trinajstić information content (AvgIpc) is 2.30. The molecular formula is C12H18N2O2.